The van der Waals surface area contributed by atoms with Gasteiger partial charge in [-0.05, 0) is 121 Å². The molecule has 0 aliphatic rings. The molecule has 0 radical (unpaired) electrons. The lowest BCUT2D eigenvalue weighted by atomic mass is 9.91. The summed E-state index contributed by atoms with van der Waals surface area (Å²) in [5.74, 6) is -2.31. The van der Waals surface area contributed by atoms with Crippen LogP contribution < -0.4 is 14.2 Å². The average Bonchev–Trinajstić information content (AvgIpc) is 3.03. The Kier molecular flexibility index (Phi) is 11.9. The molecular formula is C38H38Cl3NO9. The molecule has 4 rings (SSSR count). The lowest BCUT2D eigenvalue weighted by Gasteiger charge is -2.30. The van der Waals surface area contributed by atoms with Gasteiger partial charge in [0, 0.05) is 50.1 Å². The van der Waals surface area contributed by atoms with Gasteiger partial charge in [-0.1, -0.05) is 34.8 Å². The van der Waals surface area contributed by atoms with Crippen LogP contribution in [0.15, 0.2) is 72.9 Å². The zero-order chi connectivity index (χ0) is 37.9. The topological polar surface area (TPSA) is 141 Å². The SMILES string of the molecule is Cc1nccc(Cc2cc(Cl)ccc2OC(C)(C)C(=O)O)c1C(OC(=O)C(C)(C)Oc1ccc(Cl)cc1)c1cc(OC(C)(C)C(=O)O)ccc1Cl. The highest BCUT2D eigenvalue weighted by atomic mass is 35.5. The van der Waals surface area contributed by atoms with Crippen LogP contribution in [-0.4, -0.2) is 49.9 Å². The van der Waals surface area contributed by atoms with Crippen molar-refractivity contribution in [3.05, 3.63) is 116 Å². The van der Waals surface area contributed by atoms with E-state index < -0.39 is 40.8 Å². The number of halogens is 3. The lowest BCUT2D eigenvalue weighted by molar-refractivity contribution is -0.163. The highest BCUT2D eigenvalue weighted by Crippen LogP contribution is 2.40. The Morgan fingerprint density at radius 1 is 0.706 bits per heavy atom. The zero-order valence-corrected chi connectivity index (χ0v) is 31.3. The van der Waals surface area contributed by atoms with Crippen LogP contribution >= 0.6 is 34.8 Å². The Bertz CT molecular complexity index is 1940. The Labute approximate surface area is 311 Å². The minimum atomic E-state index is -1.60. The molecule has 1 unspecified atom stereocenters. The molecule has 3 aromatic carbocycles. The highest BCUT2D eigenvalue weighted by molar-refractivity contribution is 6.31. The molecule has 4 aromatic rings. The number of carboxylic acid groups (broad SMARTS) is 2. The number of nitrogens with zero attached hydrogens (tertiary/aromatic N) is 1. The molecule has 0 aliphatic carbocycles. The number of benzene rings is 3. The maximum absolute atomic E-state index is 14.1. The van der Waals surface area contributed by atoms with E-state index in [1.165, 1.54) is 45.9 Å². The molecule has 10 nitrogen and oxygen atoms in total. The summed E-state index contributed by atoms with van der Waals surface area (Å²) in [7, 11) is 0. The van der Waals surface area contributed by atoms with Crippen molar-refractivity contribution in [2.75, 3.05) is 0 Å². The Hall–Kier alpha value is -4.51. The van der Waals surface area contributed by atoms with E-state index in [1.54, 1.807) is 75.5 Å². The molecule has 270 valence electrons. The summed E-state index contributed by atoms with van der Waals surface area (Å²) in [5.41, 5.74) is -2.32. The molecule has 0 aliphatic heterocycles. The molecule has 0 bridgehead atoms. The third-order valence-electron chi connectivity index (χ3n) is 7.87. The number of esters is 1. The lowest BCUT2D eigenvalue weighted by Crippen LogP contribution is -2.40. The van der Waals surface area contributed by atoms with Crippen LogP contribution in [-0.2, 0) is 25.5 Å². The largest absolute Gasteiger partial charge is 0.478 e. The average molecular weight is 759 g/mol. The second-order valence-corrected chi connectivity index (χ2v) is 14.5. The van der Waals surface area contributed by atoms with Gasteiger partial charge in [-0.25, -0.2) is 14.4 Å². The minimum Gasteiger partial charge on any atom is -0.478 e. The van der Waals surface area contributed by atoms with Crippen LogP contribution in [0.25, 0.3) is 0 Å². The van der Waals surface area contributed by atoms with Crippen LogP contribution in [0.4, 0.5) is 0 Å². The van der Waals surface area contributed by atoms with Gasteiger partial charge in [0.25, 0.3) is 0 Å². The highest BCUT2D eigenvalue weighted by Gasteiger charge is 2.38. The molecule has 0 amide bonds. The van der Waals surface area contributed by atoms with Crippen molar-refractivity contribution in [3.63, 3.8) is 0 Å². The van der Waals surface area contributed by atoms with E-state index in [-0.39, 0.29) is 28.5 Å². The van der Waals surface area contributed by atoms with Crippen molar-refractivity contribution in [2.45, 2.75) is 77.8 Å². The van der Waals surface area contributed by atoms with Crippen molar-refractivity contribution >= 4 is 52.7 Å². The number of aliphatic carboxylic acids is 2. The van der Waals surface area contributed by atoms with E-state index in [0.717, 1.165) is 0 Å². The molecule has 1 atom stereocenters. The number of carbonyl (C=O) groups is 3. The Morgan fingerprint density at radius 3 is 1.90 bits per heavy atom. The van der Waals surface area contributed by atoms with E-state index in [4.69, 9.17) is 53.8 Å². The second kappa shape index (κ2) is 15.4. The number of hydrogen-bond acceptors (Lipinski definition) is 8. The van der Waals surface area contributed by atoms with Crippen molar-refractivity contribution in [1.29, 1.82) is 0 Å². The first-order chi connectivity index (χ1) is 23.7. The molecular weight excluding hydrogens is 721 g/mol. The van der Waals surface area contributed by atoms with Gasteiger partial charge in [0.2, 0.25) is 0 Å². The van der Waals surface area contributed by atoms with Gasteiger partial charge in [0.1, 0.15) is 17.2 Å². The second-order valence-electron chi connectivity index (χ2n) is 13.3. The molecule has 0 saturated carbocycles. The molecule has 0 fully saturated rings. The number of pyridine rings is 1. The number of carbonyl (C=O) groups excluding carboxylic acids is 1. The van der Waals surface area contributed by atoms with Gasteiger partial charge >= 0.3 is 17.9 Å². The molecule has 1 aromatic heterocycles. The number of aryl methyl sites for hydroxylation is 1. The fraction of sp³-hybridized carbons (Fsp3) is 0.316. The number of ether oxygens (including phenoxy) is 4. The van der Waals surface area contributed by atoms with Crippen LogP contribution in [0.1, 0.15) is 75.6 Å². The normalized spacial score (nSPS) is 12.5. The fourth-order valence-electron chi connectivity index (χ4n) is 4.94. The van der Waals surface area contributed by atoms with Crippen LogP contribution in [0.5, 0.6) is 17.2 Å². The van der Waals surface area contributed by atoms with Gasteiger partial charge in [0.05, 0.1) is 0 Å². The number of hydrogen-bond donors (Lipinski definition) is 2. The maximum atomic E-state index is 14.1. The fourth-order valence-corrected chi connectivity index (χ4v) is 5.48. The first-order valence-electron chi connectivity index (χ1n) is 15.7. The summed E-state index contributed by atoms with van der Waals surface area (Å²) in [4.78, 5) is 42.4. The smallest absolute Gasteiger partial charge is 0.350 e. The number of aromatic nitrogens is 1. The molecule has 0 spiro atoms. The van der Waals surface area contributed by atoms with Crippen molar-refractivity contribution in [2.24, 2.45) is 0 Å². The molecule has 13 heteroatoms. The third-order valence-corrected chi connectivity index (χ3v) is 8.70. The van der Waals surface area contributed by atoms with E-state index in [9.17, 15) is 24.6 Å². The number of carboxylic acids is 2. The van der Waals surface area contributed by atoms with E-state index in [0.29, 0.717) is 38.2 Å². The summed E-state index contributed by atoms with van der Waals surface area (Å²) in [6.07, 6.45) is 0.504. The van der Waals surface area contributed by atoms with Gasteiger partial charge in [-0.3, -0.25) is 4.98 Å². The summed E-state index contributed by atoms with van der Waals surface area (Å²) < 4.78 is 24.1. The molecule has 1 heterocycles. The number of rotatable bonds is 14. The van der Waals surface area contributed by atoms with Crippen LogP contribution in [0, 0.1) is 6.92 Å². The maximum Gasteiger partial charge on any atom is 0.350 e. The van der Waals surface area contributed by atoms with Crippen LogP contribution in [0.3, 0.4) is 0 Å². The van der Waals surface area contributed by atoms with Gasteiger partial charge < -0.3 is 29.2 Å². The van der Waals surface area contributed by atoms with Crippen molar-refractivity contribution < 1.29 is 43.5 Å². The van der Waals surface area contributed by atoms with E-state index >= 15 is 0 Å². The first kappa shape index (κ1) is 39.3. The summed E-state index contributed by atoms with van der Waals surface area (Å²) >= 11 is 19.3. The van der Waals surface area contributed by atoms with E-state index in [2.05, 4.69) is 4.98 Å². The van der Waals surface area contributed by atoms with Gasteiger partial charge in [-0.15, -0.1) is 0 Å². The minimum absolute atomic E-state index is 0.142. The molecule has 2 N–H and O–H groups in total. The molecule has 0 saturated heterocycles. The standard InChI is InChI=1S/C38H38Cl3NO9/c1-21-31(22(16-17-42-21)18-23-19-25(40)10-15-30(23)51-37(4,5)34(45)46)32(28-20-27(13-14-29(28)41)50-36(2,3)33(43)44)48-35(47)38(6,7)49-26-11-8-24(39)9-12-26/h8-17,19-20,32H,18H2,1-7H3,(H,43,44)(H,45,46). The molecule has 51 heavy (non-hydrogen) atoms. The van der Waals surface area contributed by atoms with Crippen molar-refractivity contribution in [1.82, 2.24) is 4.98 Å². The van der Waals surface area contributed by atoms with Crippen LogP contribution in [0.2, 0.25) is 15.1 Å². The van der Waals surface area contributed by atoms with Gasteiger partial charge in [0.15, 0.2) is 22.9 Å². The monoisotopic (exact) mass is 757 g/mol. The quantitative estimate of drug-likeness (QED) is 0.120. The van der Waals surface area contributed by atoms with Crippen molar-refractivity contribution in [3.8, 4) is 17.2 Å². The Balaban J connectivity index is 1.87. The van der Waals surface area contributed by atoms with Gasteiger partial charge in [-0.2, -0.15) is 0 Å². The summed E-state index contributed by atoms with van der Waals surface area (Å²) in [6.45, 7) is 10.5. The summed E-state index contributed by atoms with van der Waals surface area (Å²) in [5, 5.41) is 20.5. The zero-order valence-electron chi connectivity index (χ0n) is 29.0. The first-order valence-corrected chi connectivity index (χ1v) is 16.9. The van der Waals surface area contributed by atoms with E-state index in [1.807, 2.05) is 0 Å². The predicted molar refractivity (Wildman–Crippen MR) is 193 cm³/mol. The summed E-state index contributed by atoms with van der Waals surface area (Å²) in [6, 6.07) is 17.6. The third kappa shape index (κ3) is 9.64. The predicted octanol–water partition coefficient (Wildman–Crippen LogP) is 8.92. The Morgan fingerprint density at radius 2 is 1.27 bits per heavy atom.